The van der Waals surface area contributed by atoms with Gasteiger partial charge in [-0.2, -0.15) is 0 Å². The number of unbranched alkanes of at least 4 members (excludes halogenated alkanes) is 3. The van der Waals surface area contributed by atoms with Crippen LogP contribution in [0.2, 0.25) is 0 Å². The van der Waals surface area contributed by atoms with E-state index in [1.165, 1.54) is 37.1 Å². The van der Waals surface area contributed by atoms with E-state index < -0.39 is 10.9 Å². The van der Waals surface area contributed by atoms with Crippen molar-refractivity contribution in [2.24, 2.45) is 0 Å². The highest BCUT2D eigenvalue weighted by Crippen LogP contribution is 2.18. The first kappa shape index (κ1) is 25.4. The van der Waals surface area contributed by atoms with E-state index in [9.17, 15) is 19.7 Å². The number of ether oxygens (including phenoxy) is 2. The van der Waals surface area contributed by atoms with Crippen LogP contribution in [0, 0.1) is 10.1 Å². The molecule has 3 aromatic rings. The molecule has 0 aromatic heterocycles. The zero-order valence-electron chi connectivity index (χ0n) is 19.5. The standard InChI is InChI=1S/C28H27NO6/c1-2-3-4-5-19-34-25-14-12-23(13-15-25)28(31)35-26-16-10-22(11-17-26)27(30)18-9-21-7-6-8-24(20-21)29(32)33/h6-18,20H,2-5,19H2,1H3/b18-9+. The molecule has 0 unspecified atom stereocenters. The van der Waals surface area contributed by atoms with Crippen LogP contribution in [0.4, 0.5) is 5.69 Å². The highest BCUT2D eigenvalue weighted by Gasteiger charge is 2.10. The summed E-state index contributed by atoms with van der Waals surface area (Å²) in [5.41, 5.74) is 1.29. The van der Waals surface area contributed by atoms with Crippen molar-refractivity contribution in [3.63, 3.8) is 0 Å². The Kier molecular flexibility index (Phi) is 9.31. The molecule has 3 rings (SSSR count). The smallest absolute Gasteiger partial charge is 0.343 e. The maximum absolute atomic E-state index is 12.4. The second kappa shape index (κ2) is 12.8. The van der Waals surface area contributed by atoms with Crippen molar-refractivity contribution in [1.82, 2.24) is 0 Å². The van der Waals surface area contributed by atoms with Gasteiger partial charge in [-0.3, -0.25) is 14.9 Å². The van der Waals surface area contributed by atoms with Crippen LogP contribution in [0.15, 0.2) is 78.9 Å². The molecule has 35 heavy (non-hydrogen) atoms. The van der Waals surface area contributed by atoms with E-state index in [1.54, 1.807) is 60.7 Å². The third-order valence-corrected chi connectivity index (χ3v) is 5.21. The number of esters is 1. The lowest BCUT2D eigenvalue weighted by molar-refractivity contribution is -0.384. The first-order valence-corrected chi connectivity index (χ1v) is 11.5. The molecule has 0 heterocycles. The largest absolute Gasteiger partial charge is 0.494 e. The minimum Gasteiger partial charge on any atom is -0.494 e. The second-order valence-electron chi connectivity index (χ2n) is 7.90. The van der Waals surface area contributed by atoms with Crippen LogP contribution in [0.1, 0.15) is 58.9 Å². The van der Waals surface area contributed by atoms with Gasteiger partial charge in [0.1, 0.15) is 11.5 Å². The topological polar surface area (TPSA) is 95.7 Å². The molecule has 7 heteroatoms. The van der Waals surface area contributed by atoms with Crippen LogP contribution in [0.3, 0.4) is 0 Å². The monoisotopic (exact) mass is 473 g/mol. The lowest BCUT2D eigenvalue weighted by Crippen LogP contribution is -2.08. The number of nitrogens with zero attached hydrogens (tertiary/aromatic N) is 1. The molecular formula is C28H27NO6. The van der Waals surface area contributed by atoms with Crippen molar-refractivity contribution in [3.05, 3.63) is 106 Å². The number of nitro benzene ring substituents is 1. The van der Waals surface area contributed by atoms with E-state index in [1.807, 2.05) is 0 Å². The van der Waals surface area contributed by atoms with E-state index in [0.29, 0.717) is 34.8 Å². The molecule has 0 bridgehead atoms. The fourth-order valence-corrected chi connectivity index (χ4v) is 3.27. The molecule has 0 atom stereocenters. The minimum atomic E-state index is -0.510. The Morgan fingerprint density at radius 2 is 1.57 bits per heavy atom. The van der Waals surface area contributed by atoms with Crippen LogP contribution < -0.4 is 9.47 Å². The Morgan fingerprint density at radius 3 is 2.26 bits per heavy atom. The van der Waals surface area contributed by atoms with E-state index in [4.69, 9.17) is 9.47 Å². The molecule has 0 radical (unpaired) electrons. The number of allylic oxidation sites excluding steroid dienone is 1. The number of nitro groups is 1. The van der Waals surface area contributed by atoms with Gasteiger partial charge in [-0.15, -0.1) is 0 Å². The maximum Gasteiger partial charge on any atom is 0.343 e. The number of carbonyl (C=O) groups excluding carboxylic acids is 2. The lowest BCUT2D eigenvalue weighted by Gasteiger charge is -2.08. The Hall–Kier alpha value is -4.26. The third kappa shape index (κ3) is 7.92. The van der Waals surface area contributed by atoms with Gasteiger partial charge in [0, 0.05) is 17.7 Å². The Morgan fingerprint density at radius 1 is 0.886 bits per heavy atom. The summed E-state index contributed by atoms with van der Waals surface area (Å²) in [6.07, 6.45) is 7.37. The van der Waals surface area contributed by atoms with Gasteiger partial charge < -0.3 is 9.47 Å². The SMILES string of the molecule is CCCCCCOc1ccc(C(=O)Oc2ccc(C(=O)/C=C/c3cccc([N+](=O)[O-])c3)cc2)cc1. The predicted molar refractivity (Wildman–Crippen MR) is 134 cm³/mol. The molecule has 0 aliphatic carbocycles. The highest BCUT2D eigenvalue weighted by atomic mass is 16.6. The molecular weight excluding hydrogens is 446 g/mol. The molecule has 7 nitrogen and oxygen atoms in total. The summed E-state index contributed by atoms with van der Waals surface area (Å²) in [4.78, 5) is 35.2. The van der Waals surface area contributed by atoms with Crippen LogP contribution in [0.5, 0.6) is 11.5 Å². The maximum atomic E-state index is 12.4. The van der Waals surface area contributed by atoms with Crippen LogP contribution in [0.25, 0.3) is 6.08 Å². The van der Waals surface area contributed by atoms with Gasteiger partial charge in [0.2, 0.25) is 0 Å². The lowest BCUT2D eigenvalue weighted by atomic mass is 10.1. The number of hydrogen-bond acceptors (Lipinski definition) is 6. The fraction of sp³-hybridized carbons (Fsp3) is 0.214. The van der Waals surface area contributed by atoms with Gasteiger partial charge >= 0.3 is 5.97 Å². The summed E-state index contributed by atoms with van der Waals surface area (Å²) in [6, 6.07) is 19.0. The van der Waals surface area contributed by atoms with Gasteiger partial charge in [0.05, 0.1) is 17.1 Å². The summed E-state index contributed by atoms with van der Waals surface area (Å²) in [5.74, 6) is 0.230. The van der Waals surface area contributed by atoms with Gasteiger partial charge in [-0.1, -0.05) is 44.4 Å². The van der Waals surface area contributed by atoms with E-state index in [0.717, 1.165) is 12.8 Å². The Balaban J connectivity index is 1.53. The molecule has 0 fully saturated rings. The quantitative estimate of drug-likeness (QED) is 0.0554. The van der Waals surface area contributed by atoms with Gasteiger partial charge in [0.25, 0.3) is 5.69 Å². The number of non-ortho nitro benzene ring substituents is 1. The second-order valence-corrected chi connectivity index (χ2v) is 7.90. The van der Waals surface area contributed by atoms with Crippen LogP contribution in [-0.2, 0) is 0 Å². The summed E-state index contributed by atoms with van der Waals surface area (Å²) in [5, 5.41) is 10.9. The zero-order chi connectivity index (χ0) is 25.0. The molecule has 0 N–H and O–H groups in total. The van der Waals surface area contributed by atoms with Crippen molar-refractivity contribution in [2.45, 2.75) is 32.6 Å². The van der Waals surface area contributed by atoms with E-state index >= 15 is 0 Å². The molecule has 180 valence electrons. The number of hydrogen-bond donors (Lipinski definition) is 0. The summed E-state index contributed by atoms with van der Waals surface area (Å²) < 4.78 is 11.1. The predicted octanol–water partition coefficient (Wildman–Crippen LogP) is 6.67. The first-order valence-electron chi connectivity index (χ1n) is 11.5. The van der Waals surface area contributed by atoms with E-state index in [-0.39, 0.29) is 11.5 Å². The van der Waals surface area contributed by atoms with E-state index in [2.05, 4.69) is 6.92 Å². The first-order chi connectivity index (χ1) is 17.0. The van der Waals surface area contributed by atoms with Gasteiger partial charge in [0.15, 0.2) is 5.78 Å². The molecule has 0 saturated heterocycles. The van der Waals surface area contributed by atoms with Crippen molar-refractivity contribution >= 4 is 23.5 Å². The van der Waals surface area contributed by atoms with Crippen molar-refractivity contribution in [3.8, 4) is 11.5 Å². The summed E-state index contributed by atoms with van der Waals surface area (Å²) in [6.45, 7) is 2.81. The number of ketones is 1. The summed E-state index contributed by atoms with van der Waals surface area (Å²) >= 11 is 0. The van der Waals surface area contributed by atoms with Crippen LogP contribution >= 0.6 is 0 Å². The van der Waals surface area contributed by atoms with Crippen molar-refractivity contribution < 1.29 is 24.0 Å². The number of benzene rings is 3. The number of carbonyl (C=O) groups is 2. The normalized spacial score (nSPS) is 10.8. The minimum absolute atomic E-state index is 0.0460. The molecule has 3 aromatic carbocycles. The average molecular weight is 474 g/mol. The Labute approximate surface area is 204 Å². The average Bonchev–Trinajstić information content (AvgIpc) is 2.88. The van der Waals surface area contributed by atoms with Crippen molar-refractivity contribution in [1.29, 1.82) is 0 Å². The van der Waals surface area contributed by atoms with Crippen molar-refractivity contribution in [2.75, 3.05) is 6.61 Å². The van der Waals surface area contributed by atoms with Gasteiger partial charge in [-0.25, -0.2) is 4.79 Å². The highest BCUT2D eigenvalue weighted by molar-refractivity contribution is 6.06. The van der Waals surface area contributed by atoms with Gasteiger partial charge in [-0.05, 0) is 66.6 Å². The third-order valence-electron chi connectivity index (χ3n) is 5.21. The molecule has 0 aliphatic heterocycles. The number of rotatable bonds is 12. The van der Waals surface area contributed by atoms with Crippen LogP contribution in [-0.4, -0.2) is 23.3 Å². The molecule has 0 aliphatic rings. The Bertz CT molecular complexity index is 1180. The molecule has 0 spiro atoms. The molecule has 0 saturated carbocycles. The molecule has 0 amide bonds. The zero-order valence-corrected chi connectivity index (χ0v) is 19.5. The fourth-order valence-electron chi connectivity index (χ4n) is 3.27. The summed E-state index contributed by atoms with van der Waals surface area (Å²) in [7, 11) is 0.